The molecule has 2 rings (SSSR count). The van der Waals surface area contributed by atoms with E-state index in [1.807, 2.05) is 0 Å². The van der Waals surface area contributed by atoms with Crippen molar-refractivity contribution in [3.05, 3.63) is 53.1 Å². The number of carbonyl (C=O) groups excluding carboxylic acids is 1. The van der Waals surface area contributed by atoms with Gasteiger partial charge in [0.2, 0.25) is 0 Å². The standard InChI is InChI=1S/C18H18N2O5/c1-10(2)25-18(24)12-5-4-6-13(8-12)19-20-14-7-11(3)16(21)15(9-14)17(22)23/h4-10,21H,1-3H3,(H,22,23). The predicted octanol–water partition coefficient (Wildman–Crippen LogP) is 4.38. The zero-order valence-electron chi connectivity index (χ0n) is 14.1. The molecule has 0 saturated carbocycles. The molecule has 0 aliphatic rings. The van der Waals surface area contributed by atoms with Gasteiger partial charge in [0, 0.05) is 0 Å². The SMILES string of the molecule is Cc1cc(N=Nc2cccc(C(=O)OC(C)C)c2)cc(C(=O)O)c1O. The van der Waals surface area contributed by atoms with Gasteiger partial charge < -0.3 is 14.9 Å². The summed E-state index contributed by atoms with van der Waals surface area (Å²) >= 11 is 0. The molecule has 2 N–H and O–H groups in total. The van der Waals surface area contributed by atoms with Gasteiger partial charge in [0.05, 0.1) is 23.0 Å². The fraction of sp³-hybridized carbons (Fsp3) is 0.222. The summed E-state index contributed by atoms with van der Waals surface area (Å²) in [6.45, 7) is 5.09. The number of aryl methyl sites for hydroxylation is 1. The van der Waals surface area contributed by atoms with Crippen molar-refractivity contribution < 1.29 is 24.5 Å². The molecule has 0 atom stereocenters. The number of azo groups is 1. The first-order valence-electron chi connectivity index (χ1n) is 7.57. The number of rotatable bonds is 5. The van der Waals surface area contributed by atoms with Gasteiger partial charge in [-0.2, -0.15) is 10.2 Å². The molecule has 0 aromatic heterocycles. The van der Waals surface area contributed by atoms with Crippen LogP contribution in [0.25, 0.3) is 0 Å². The number of hydrogen-bond donors (Lipinski definition) is 2. The topological polar surface area (TPSA) is 109 Å². The van der Waals surface area contributed by atoms with Gasteiger partial charge in [0.15, 0.2) is 0 Å². The summed E-state index contributed by atoms with van der Waals surface area (Å²) in [6, 6.07) is 9.18. The second-order valence-electron chi connectivity index (χ2n) is 5.67. The van der Waals surface area contributed by atoms with E-state index in [2.05, 4.69) is 10.2 Å². The largest absolute Gasteiger partial charge is 0.507 e. The molecule has 0 amide bonds. The van der Waals surface area contributed by atoms with Crippen LogP contribution in [0.2, 0.25) is 0 Å². The molecule has 0 fully saturated rings. The van der Waals surface area contributed by atoms with Crippen LogP contribution in [0.5, 0.6) is 5.75 Å². The van der Waals surface area contributed by atoms with Gasteiger partial charge in [0.1, 0.15) is 11.3 Å². The van der Waals surface area contributed by atoms with Crippen molar-refractivity contribution >= 4 is 23.3 Å². The monoisotopic (exact) mass is 342 g/mol. The van der Waals surface area contributed by atoms with Crippen LogP contribution in [0.3, 0.4) is 0 Å². The first-order chi connectivity index (χ1) is 11.8. The van der Waals surface area contributed by atoms with E-state index >= 15 is 0 Å². The van der Waals surface area contributed by atoms with E-state index in [0.717, 1.165) is 0 Å². The van der Waals surface area contributed by atoms with Crippen molar-refractivity contribution in [3.8, 4) is 5.75 Å². The molecule has 0 aliphatic heterocycles. The van der Waals surface area contributed by atoms with Crippen LogP contribution in [0.1, 0.15) is 40.1 Å². The number of benzene rings is 2. The Morgan fingerprint density at radius 1 is 1.08 bits per heavy atom. The van der Waals surface area contributed by atoms with Gasteiger partial charge in [-0.3, -0.25) is 0 Å². The number of carbonyl (C=O) groups is 2. The van der Waals surface area contributed by atoms with Crippen LogP contribution in [-0.2, 0) is 4.74 Å². The molecule has 2 aromatic rings. The third kappa shape index (κ3) is 4.63. The number of esters is 1. The molecule has 130 valence electrons. The van der Waals surface area contributed by atoms with Gasteiger partial charge in [-0.15, -0.1) is 0 Å². The van der Waals surface area contributed by atoms with Crippen LogP contribution in [0.4, 0.5) is 11.4 Å². The summed E-state index contributed by atoms with van der Waals surface area (Å²) < 4.78 is 5.12. The lowest BCUT2D eigenvalue weighted by Crippen LogP contribution is -2.11. The number of hydrogen-bond acceptors (Lipinski definition) is 6. The summed E-state index contributed by atoms with van der Waals surface area (Å²) in [5.41, 5.74) is 1.17. The third-order valence-corrected chi connectivity index (χ3v) is 3.22. The maximum atomic E-state index is 11.9. The summed E-state index contributed by atoms with van der Waals surface area (Å²) in [7, 11) is 0. The Bertz CT molecular complexity index is 843. The zero-order chi connectivity index (χ0) is 18.6. The van der Waals surface area contributed by atoms with Crippen molar-refractivity contribution in [1.29, 1.82) is 0 Å². The number of ether oxygens (including phenoxy) is 1. The lowest BCUT2D eigenvalue weighted by atomic mass is 10.1. The van der Waals surface area contributed by atoms with E-state index in [1.54, 1.807) is 39.0 Å². The van der Waals surface area contributed by atoms with Gasteiger partial charge in [-0.05, 0) is 56.7 Å². The Kier molecular flexibility index (Phi) is 5.49. The summed E-state index contributed by atoms with van der Waals surface area (Å²) in [4.78, 5) is 23.0. The normalized spacial score (nSPS) is 11.0. The van der Waals surface area contributed by atoms with Gasteiger partial charge in [0.25, 0.3) is 0 Å². The summed E-state index contributed by atoms with van der Waals surface area (Å²) in [6.07, 6.45) is -0.229. The highest BCUT2D eigenvalue weighted by Crippen LogP contribution is 2.29. The van der Waals surface area contributed by atoms with Crippen LogP contribution in [0, 0.1) is 6.92 Å². The average molecular weight is 342 g/mol. The third-order valence-electron chi connectivity index (χ3n) is 3.22. The van der Waals surface area contributed by atoms with E-state index in [4.69, 9.17) is 9.84 Å². The maximum Gasteiger partial charge on any atom is 0.339 e. The molecule has 25 heavy (non-hydrogen) atoms. The number of carboxylic acid groups (broad SMARTS) is 1. The Labute approximate surface area is 144 Å². The van der Waals surface area contributed by atoms with Crippen LogP contribution >= 0.6 is 0 Å². The molecule has 7 heteroatoms. The van der Waals surface area contributed by atoms with Gasteiger partial charge in [-0.1, -0.05) is 6.07 Å². The van der Waals surface area contributed by atoms with E-state index in [0.29, 0.717) is 16.8 Å². The minimum atomic E-state index is -1.25. The van der Waals surface area contributed by atoms with Crippen molar-refractivity contribution in [2.45, 2.75) is 26.9 Å². The Morgan fingerprint density at radius 2 is 1.76 bits per heavy atom. The highest BCUT2D eigenvalue weighted by atomic mass is 16.5. The lowest BCUT2D eigenvalue weighted by Gasteiger charge is -2.07. The van der Waals surface area contributed by atoms with Gasteiger partial charge in [-0.25, -0.2) is 9.59 Å². The van der Waals surface area contributed by atoms with Crippen molar-refractivity contribution in [1.82, 2.24) is 0 Å². The molecule has 0 aliphatic carbocycles. The lowest BCUT2D eigenvalue weighted by molar-refractivity contribution is 0.0377. The molecule has 0 unspecified atom stereocenters. The second-order valence-corrected chi connectivity index (χ2v) is 5.67. The number of aromatic carboxylic acids is 1. The Hall–Kier alpha value is -3.22. The quantitative estimate of drug-likeness (QED) is 0.619. The molecular weight excluding hydrogens is 324 g/mol. The van der Waals surface area contributed by atoms with Crippen molar-refractivity contribution in [3.63, 3.8) is 0 Å². The van der Waals surface area contributed by atoms with Crippen LogP contribution in [0.15, 0.2) is 46.6 Å². The van der Waals surface area contributed by atoms with Crippen molar-refractivity contribution in [2.75, 3.05) is 0 Å². The molecular formula is C18H18N2O5. The number of phenols is 1. The first kappa shape index (κ1) is 18.1. The fourth-order valence-corrected chi connectivity index (χ4v) is 2.07. The molecule has 0 heterocycles. The molecule has 2 aromatic carbocycles. The van der Waals surface area contributed by atoms with Gasteiger partial charge >= 0.3 is 11.9 Å². The molecule has 0 saturated heterocycles. The molecule has 0 bridgehead atoms. The smallest absolute Gasteiger partial charge is 0.339 e. The highest BCUT2D eigenvalue weighted by molar-refractivity contribution is 5.92. The maximum absolute atomic E-state index is 11.9. The molecule has 7 nitrogen and oxygen atoms in total. The zero-order valence-corrected chi connectivity index (χ0v) is 14.1. The number of aromatic hydroxyl groups is 1. The van der Waals surface area contributed by atoms with Crippen molar-refractivity contribution in [2.24, 2.45) is 10.2 Å². The second kappa shape index (κ2) is 7.57. The van der Waals surface area contributed by atoms with Crippen LogP contribution in [-0.4, -0.2) is 28.3 Å². The fourth-order valence-electron chi connectivity index (χ4n) is 2.07. The number of nitrogens with zero attached hydrogens (tertiary/aromatic N) is 2. The van der Waals surface area contributed by atoms with Crippen LogP contribution < -0.4 is 0 Å². The number of carboxylic acids is 1. The predicted molar refractivity (Wildman–Crippen MR) is 91.0 cm³/mol. The minimum absolute atomic E-state index is 0.229. The average Bonchev–Trinajstić information content (AvgIpc) is 2.55. The minimum Gasteiger partial charge on any atom is -0.507 e. The molecule has 0 spiro atoms. The Morgan fingerprint density at radius 3 is 2.40 bits per heavy atom. The van der Waals surface area contributed by atoms with E-state index in [1.165, 1.54) is 18.2 Å². The summed E-state index contributed by atoms with van der Waals surface area (Å²) in [5, 5.41) is 26.8. The first-order valence-corrected chi connectivity index (χ1v) is 7.57. The highest BCUT2D eigenvalue weighted by Gasteiger charge is 2.13. The Balaban J connectivity index is 2.28. The molecule has 0 radical (unpaired) electrons. The summed E-state index contributed by atoms with van der Waals surface area (Å²) in [5.74, 6) is -2.01. The van der Waals surface area contributed by atoms with E-state index in [9.17, 15) is 14.7 Å². The van der Waals surface area contributed by atoms with E-state index in [-0.39, 0.29) is 23.1 Å². The van der Waals surface area contributed by atoms with E-state index < -0.39 is 11.9 Å².